The Labute approximate surface area is 207 Å². The zero-order valence-corrected chi connectivity index (χ0v) is 21.1. The van der Waals surface area contributed by atoms with Crippen LogP contribution in [-0.2, 0) is 5.41 Å². The molecule has 1 aromatic heterocycles. The Kier molecular flexibility index (Phi) is 7.91. The minimum atomic E-state index is 0.0270. The standard InChI is InChI=1S/C25H34ClN5OS/c1-18-8-7-13-31(16-18)21-15-22(32-2)29-23(28-21)30-24(33)27-17-25(11-4-3-5-12-25)19-9-6-10-20(26)14-19/h6,9-10,14-15,18H,3-5,7-8,11-13,16-17H2,1-2H3,(H2,27,28,29,30,33)/t18-/m0/s1. The lowest BCUT2D eigenvalue weighted by Gasteiger charge is -2.38. The van der Waals surface area contributed by atoms with Crippen molar-refractivity contribution in [3.05, 3.63) is 40.9 Å². The van der Waals surface area contributed by atoms with Crippen molar-refractivity contribution in [3.63, 3.8) is 0 Å². The van der Waals surface area contributed by atoms with Crippen molar-refractivity contribution in [1.82, 2.24) is 15.3 Å². The van der Waals surface area contributed by atoms with Crippen molar-refractivity contribution in [3.8, 4) is 5.88 Å². The number of rotatable bonds is 6. The summed E-state index contributed by atoms with van der Waals surface area (Å²) in [6.45, 7) is 5.02. The molecule has 2 aliphatic rings. The highest BCUT2D eigenvalue weighted by molar-refractivity contribution is 7.80. The van der Waals surface area contributed by atoms with Gasteiger partial charge in [-0.25, -0.2) is 0 Å². The molecule has 1 saturated heterocycles. The molecule has 1 atom stereocenters. The van der Waals surface area contributed by atoms with Crippen molar-refractivity contribution in [1.29, 1.82) is 0 Å². The number of nitrogens with one attached hydrogen (secondary N) is 2. The van der Waals surface area contributed by atoms with Crippen molar-refractivity contribution < 1.29 is 4.74 Å². The zero-order valence-electron chi connectivity index (χ0n) is 19.6. The summed E-state index contributed by atoms with van der Waals surface area (Å²) in [5, 5.41) is 7.94. The summed E-state index contributed by atoms with van der Waals surface area (Å²) in [6.07, 6.45) is 8.37. The average molecular weight is 488 g/mol. The molecule has 0 spiro atoms. The minimum absolute atomic E-state index is 0.0270. The molecule has 0 amide bonds. The molecule has 2 aromatic rings. The number of aromatic nitrogens is 2. The van der Waals surface area contributed by atoms with Crippen LogP contribution in [0.3, 0.4) is 0 Å². The van der Waals surface area contributed by atoms with Crippen LogP contribution in [0.4, 0.5) is 11.8 Å². The molecule has 1 saturated carbocycles. The molecular formula is C25H34ClN5OS. The number of methoxy groups -OCH3 is 1. The van der Waals surface area contributed by atoms with Gasteiger partial charge in [0.05, 0.1) is 7.11 Å². The number of hydrogen-bond donors (Lipinski definition) is 2. The topological polar surface area (TPSA) is 62.3 Å². The molecule has 178 valence electrons. The van der Waals surface area contributed by atoms with Gasteiger partial charge in [0.1, 0.15) is 5.82 Å². The second-order valence-electron chi connectivity index (χ2n) is 9.44. The van der Waals surface area contributed by atoms with E-state index in [0.717, 1.165) is 43.3 Å². The quantitative estimate of drug-likeness (QED) is 0.517. The van der Waals surface area contributed by atoms with Gasteiger partial charge in [0, 0.05) is 36.1 Å². The van der Waals surface area contributed by atoms with Crippen LogP contribution in [-0.4, -0.2) is 41.8 Å². The first-order valence-electron chi connectivity index (χ1n) is 12.0. The summed E-state index contributed by atoms with van der Waals surface area (Å²) < 4.78 is 5.44. The fraction of sp³-hybridized carbons (Fsp3) is 0.560. The normalized spacial score (nSPS) is 20.2. The Morgan fingerprint density at radius 3 is 2.76 bits per heavy atom. The third kappa shape index (κ3) is 6.07. The molecule has 6 nitrogen and oxygen atoms in total. The smallest absolute Gasteiger partial charge is 0.234 e. The summed E-state index contributed by atoms with van der Waals surface area (Å²) in [4.78, 5) is 11.5. The van der Waals surface area contributed by atoms with Gasteiger partial charge in [-0.2, -0.15) is 9.97 Å². The van der Waals surface area contributed by atoms with Gasteiger partial charge in [-0.1, -0.05) is 49.9 Å². The van der Waals surface area contributed by atoms with Crippen LogP contribution in [0, 0.1) is 5.92 Å². The summed E-state index contributed by atoms with van der Waals surface area (Å²) in [5.41, 5.74) is 1.31. The van der Waals surface area contributed by atoms with Gasteiger partial charge in [-0.15, -0.1) is 0 Å². The number of anilines is 2. The monoisotopic (exact) mass is 487 g/mol. The van der Waals surface area contributed by atoms with E-state index in [0.29, 0.717) is 22.9 Å². The summed E-state index contributed by atoms with van der Waals surface area (Å²) in [5.74, 6) is 2.52. The molecule has 4 rings (SSSR count). The maximum atomic E-state index is 6.32. The molecule has 1 aliphatic carbocycles. The fourth-order valence-electron chi connectivity index (χ4n) is 5.14. The summed E-state index contributed by atoms with van der Waals surface area (Å²) in [6, 6.07) is 10.2. The molecule has 0 bridgehead atoms. The second-order valence-corrected chi connectivity index (χ2v) is 10.3. The second kappa shape index (κ2) is 10.9. The van der Waals surface area contributed by atoms with Crippen LogP contribution in [0.2, 0.25) is 5.02 Å². The van der Waals surface area contributed by atoms with Gasteiger partial charge in [-0.3, -0.25) is 0 Å². The Morgan fingerprint density at radius 1 is 1.21 bits per heavy atom. The lowest BCUT2D eigenvalue weighted by atomic mass is 9.69. The van der Waals surface area contributed by atoms with Gasteiger partial charge in [0.15, 0.2) is 5.11 Å². The van der Waals surface area contributed by atoms with Gasteiger partial charge in [0.2, 0.25) is 11.8 Å². The van der Waals surface area contributed by atoms with Crippen LogP contribution in [0.1, 0.15) is 57.4 Å². The first-order chi connectivity index (χ1) is 16.0. The maximum absolute atomic E-state index is 6.32. The van der Waals surface area contributed by atoms with E-state index in [1.807, 2.05) is 18.2 Å². The lowest BCUT2D eigenvalue weighted by Crippen LogP contribution is -2.43. The molecule has 2 heterocycles. The molecule has 1 aromatic carbocycles. The molecule has 33 heavy (non-hydrogen) atoms. The van der Waals surface area contributed by atoms with Crippen molar-refractivity contribution in [2.75, 3.05) is 37.0 Å². The molecule has 2 fully saturated rings. The molecule has 2 N–H and O–H groups in total. The van der Waals surface area contributed by atoms with Gasteiger partial charge in [-0.05, 0) is 61.5 Å². The fourth-order valence-corrected chi connectivity index (χ4v) is 5.50. The van der Waals surface area contributed by atoms with E-state index in [9.17, 15) is 0 Å². The Balaban J connectivity index is 1.46. The van der Waals surface area contributed by atoms with Gasteiger partial charge in [0.25, 0.3) is 0 Å². The van der Waals surface area contributed by atoms with Crippen LogP contribution in [0.15, 0.2) is 30.3 Å². The van der Waals surface area contributed by atoms with Crippen LogP contribution in [0.25, 0.3) is 0 Å². The number of piperidine rings is 1. The molecule has 0 radical (unpaired) electrons. The van der Waals surface area contributed by atoms with Crippen LogP contribution in [0.5, 0.6) is 5.88 Å². The van der Waals surface area contributed by atoms with Crippen LogP contribution >= 0.6 is 23.8 Å². The van der Waals surface area contributed by atoms with E-state index in [-0.39, 0.29) is 5.41 Å². The Morgan fingerprint density at radius 2 is 2.03 bits per heavy atom. The maximum Gasteiger partial charge on any atom is 0.234 e. The third-order valence-corrected chi connectivity index (χ3v) is 7.42. The third-order valence-electron chi connectivity index (χ3n) is 6.94. The first-order valence-corrected chi connectivity index (χ1v) is 12.7. The van der Waals surface area contributed by atoms with E-state index in [1.165, 1.54) is 37.7 Å². The number of thiocarbonyl (C=S) groups is 1. The first kappa shape index (κ1) is 24.0. The predicted molar refractivity (Wildman–Crippen MR) is 140 cm³/mol. The van der Waals surface area contributed by atoms with E-state index < -0.39 is 0 Å². The molecular weight excluding hydrogens is 454 g/mol. The number of halogens is 1. The summed E-state index contributed by atoms with van der Waals surface area (Å²) >= 11 is 12.0. The van der Waals surface area contributed by atoms with E-state index in [2.05, 4.69) is 39.6 Å². The number of nitrogens with zero attached hydrogens (tertiary/aromatic N) is 3. The average Bonchev–Trinajstić information content (AvgIpc) is 2.83. The van der Waals surface area contributed by atoms with Crippen molar-refractivity contribution in [2.45, 2.75) is 57.3 Å². The highest BCUT2D eigenvalue weighted by Gasteiger charge is 2.34. The van der Waals surface area contributed by atoms with E-state index >= 15 is 0 Å². The minimum Gasteiger partial charge on any atom is -0.481 e. The number of hydrogen-bond acceptors (Lipinski definition) is 5. The summed E-state index contributed by atoms with van der Waals surface area (Å²) in [7, 11) is 1.63. The van der Waals surface area contributed by atoms with Crippen molar-refractivity contribution >= 4 is 40.7 Å². The Bertz CT molecular complexity index is 966. The largest absolute Gasteiger partial charge is 0.481 e. The zero-order chi connectivity index (χ0) is 23.3. The Hall–Kier alpha value is -2.12. The number of ether oxygens (including phenoxy) is 1. The van der Waals surface area contributed by atoms with Gasteiger partial charge < -0.3 is 20.3 Å². The lowest BCUT2D eigenvalue weighted by molar-refractivity contribution is 0.292. The van der Waals surface area contributed by atoms with Gasteiger partial charge >= 0.3 is 0 Å². The highest BCUT2D eigenvalue weighted by Crippen LogP contribution is 2.39. The molecule has 0 unspecified atom stereocenters. The highest BCUT2D eigenvalue weighted by atomic mass is 35.5. The van der Waals surface area contributed by atoms with E-state index in [4.69, 9.17) is 33.5 Å². The van der Waals surface area contributed by atoms with Crippen LogP contribution < -0.4 is 20.3 Å². The number of benzene rings is 1. The molecule has 1 aliphatic heterocycles. The molecule has 8 heteroatoms. The van der Waals surface area contributed by atoms with E-state index in [1.54, 1.807) is 7.11 Å². The SMILES string of the molecule is COc1cc(N2CCC[C@H](C)C2)nc(NC(=S)NCC2(c3cccc(Cl)c3)CCCCC2)n1. The predicted octanol–water partition coefficient (Wildman–Crippen LogP) is 5.56. The van der Waals surface area contributed by atoms with Crippen molar-refractivity contribution in [2.24, 2.45) is 5.92 Å².